The highest BCUT2D eigenvalue weighted by Gasteiger charge is 2.68. The maximum Gasteiger partial charge on any atom is 0.482 e. The van der Waals surface area contributed by atoms with Crippen molar-refractivity contribution in [1.82, 2.24) is 25.9 Å². The van der Waals surface area contributed by atoms with E-state index >= 15 is 0 Å². The third-order valence-electron chi connectivity index (χ3n) is 11.2. The van der Waals surface area contributed by atoms with E-state index in [0.29, 0.717) is 30.2 Å². The molecule has 3 aromatic rings. The molecule has 1 saturated heterocycles. The first-order valence-corrected chi connectivity index (χ1v) is 18.4. The summed E-state index contributed by atoms with van der Waals surface area (Å²) in [6.07, 6.45) is 8.92. The van der Waals surface area contributed by atoms with E-state index in [4.69, 9.17) is 9.31 Å². The van der Waals surface area contributed by atoms with E-state index < -0.39 is 42.1 Å². The van der Waals surface area contributed by atoms with Crippen LogP contribution in [0, 0.1) is 28.6 Å². The molecule has 3 N–H and O–H groups in total. The standard InChI is InChI=1S/C41H49BN6O5/c1-39(2,3)48-36(49)29(24-43)20-28-14-10-13-27(19-28)15-16-31(46-38(51)32-25-44-17-18-45-32)37(50)47-35(21-26-11-8-7-9-12-26)42-52-34-23-30-22-33(40(30,4)5)41(34,6)53-42/h7-14,17-20,25,30-31,33-35H,15-16,21-23H2,1-6H3,(H,46,51)(H,47,50)(H,48,49)/t30-,31?,33-,34+,35?,41-/m0/s1. The third-order valence-corrected chi connectivity index (χ3v) is 11.2. The van der Waals surface area contributed by atoms with Gasteiger partial charge in [-0.3, -0.25) is 19.4 Å². The molecule has 3 amide bonds. The number of nitrogens with one attached hydrogen (secondary N) is 3. The smallest absolute Gasteiger partial charge is 0.404 e. The van der Waals surface area contributed by atoms with Gasteiger partial charge in [-0.1, -0.05) is 68.4 Å². The normalized spacial score (nSPS) is 24.1. The summed E-state index contributed by atoms with van der Waals surface area (Å²) in [5.41, 5.74) is 1.84. The second-order valence-electron chi connectivity index (χ2n) is 16.4. The first kappa shape index (κ1) is 37.9. The molecular formula is C41H49BN6O5. The highest BCUT2D eigenvalue weighted by atomic mass is 16.7. The Labute approximate surface area is 312 Å². The summed E-state index contributed by atoms with van der Waals surface area (Å²) in [5.74, 6) is -0.937. The Morgan fingerprint density at radius 1 is 1.04 bits per heavy atom. The van der Waals surface area contributed by atoms with E-state index in [0.717, 1.165) is 24.0 Å². The molecule has 3 saturated carbocycles. The summed E-state index contributed by atoms with van der Waals surface area (Å²) in [4.78, 5) is 48.6. The summed E-state index contributed by atoms with van der Waals surface area (Å²) in [6.45, 7) is 12.3. The van der Waals surface area contributed by atoms with Gasteiger partial charge in [-0.2, -0.15) is 5.26 Å². The zero-order valence-electron chi connectivity index (χ0n) is 31.4. The molecular weight excluding hydrogens is 667 g/mol. The third kappa shape index (κ3) is 8.53. The molecule has 7 rings (SSSR count). The van der Waals surface area contributed by atoms with Crippen molar-refractivity contribution in [2.75, 3.05) is 0 Å². The Kier molecular flexibility index (Phi) is 10.9. The van der Waals surface area contributed by atoms with Crippen LogP contribution in [-0.4, -0.2) is 64.0 Å². The minimum atomic E-state index is -0.944. The van der Waals surface area contributed by atoms with Crippen LogP contribution in [0.2, 0.25) is 0 Å². The maximum absolute atomic E-state index is 14.3. The monoisotopic (exact) mass is 716 g/mol. The van der Waals surface area contributed by atoms with Crippen molar-refractivity contribution in [1.29, 1.82) is 5.26 Å². The van der Waals surface area contributed by atoms with E-state index in [9.17, 15) is 19.6 Å². The maximum atomic E-state index is 14.3. The molecule has 0 spiro atoms. The number of benzene rings is 2. The number of hydrogen-bond donors (Lipinski definition) is 3. The van der Waals surface area contributed by atoms with Crippen LogP contribution in [0.25, 0.3) is 6.08 Å². The molecule has 6 atom stereocenters. The van der Waals surface area contributed by atoms with Crippen molar-refractivity contribution in [3.8, 4) is 6.07 Å². The average Bonchev–Trinajstić information content (AvgIpc) is 3.49. The number of aryl methyl sites for hydroxylation is 1. The fourth-order valence-electron chi connectivity index (χ4n) is 8.23. The molecule has 53 heavy (non-hydrogen) atoms. The number of carbonyl (C=O) groups excluding carboxylic acids is 3. The van der Waals surface area contributed by atoms with Crippen molar-refractivity contribution >= 4 is 30.9 Å². The van der Waals surface area contributed by atoms with Crippen LogP contribution in [0.1, 0.15) is 88.0 Å². The Hall–Kier alpha value is -4.86. The zero-order valence-corrected chi connectivity index (χ0v) is 31.4. The molecule has 12 heteroatoms. The number of rotatable bonds is 12. The van der Waals surface area contributed by atoms with Crippen LogP contribution < -0.4 is 16.0 Å². The highest BCUT2D eigenvalue weighted by molar-refractivity contribution is 6.48. The largest absolute Gasteiger partial charge is 0.482 e. The van der Waals surface area contributed by atoms with E-state index in [-0.39, 0.29) is 35.1 Å². The second kappa shape index (κ2) is 15.2. The van der Waals surface area contributed by atoms with E-state index in [2.05, 4.69) is 46.7 Å². The quantitative estimate of drug-likeness (QED) is 0.134. The summed E-state index contributed by atoms with van der Waals surface area (Å²) in [5, 5.41) is 18.6. The van der Waals surface area contributed by atoms with Crippen LogP contribution in [0.15, 0.2) is 78.8 Å². The Bertz CT molecular complexity index is 1890. The van der Waals surface area contributed by atoms with E-state index in [1.807, 2.05) is 81.4 Å². The number of amides is 3. The molecule has 0 radical (unpaired) electrons. The number of nitriles is 1. The summed E-state index contributed by atoms with van der Waals surface area (Å²) in [6, 6.07) is 18.4. The van der Waals surface area contributed by atoms with Crippen LogP contribution in [0.3, 0.4) is 0 Å². The van der Waals surface area contributed by atoms with Gasteiger partial charge in [0, 0.05) is 17.9 Å². The van der Waals surface area contributed by atoms with Crippen molar-refractivity contribution in [3.63, 3.8) is 0 Å². The summed E-state index contributed by atoms with van der Waals surface area (Å²) >= 11 is 0. The van der Waals surface area contributed by atoms with Crippen molar-refractivity contribution < 1.29 is 23.7 Å². The molecule has 276 valence electrons. The van der Waals surface area contributed by atoms with Crippen LogP contribution >= 0.6 is 0 Å². The summed E-state index contributed by atoms with van der Waals surface area (Å²) < 4.78 is 13.5. The molecule has 2 heterocycles. The number of carbonyl (C=O) groups is 3. The fraction of sp³-hybridized carbons (Fsp3) is 0.463. The van der Waals surface area contributed by atoms with Crippen molar-refractivity contribution in [3.05, 3.63) is 101 Å². The Balaban J connectivity index is 1.22. The lowest BCUT2D eigenvalue weighted by molar-refractivity contribution is -0.199. The molecule has 1 aliphatic heterocycles. The lowest BCUT2D eigenvalue weighted by atomic mass is 9.43. The average molecular weight is 717 g/mol. The van der Waals surface area contributed by atoms with Gasteiger partial charge in [0.1, 0.15) is 23.4 Å². The van der Waals surface area contributed by atoms with Crippen LogP contribution in [0.5, 0.6) is 0 Å². The highest BCUT2D eigenvalue weighted by Crippen LogP contribution is 2.65. The zero-order chi connectivity index (χ0) is 38.0. The predicted molar refractivity (Wildman–Crippen MR) is 202 cm³/mol. The molecule has 2 bridgehead atoms. The molecule has 3 aliphatic carbocycles. The van der Waals surface area contributed by atoms with Crippen molar-refractivity contribution in [2.24, 2.45) is 17.3 Å². The lowest BCUT2D eigenvalue weighted by Crippen LogP contribution is -2.65. The van der Waals surface area contributed by atoms with E-state index in [1.165, 1.54) is 18.6 Å². The molecule has 4 aliphatic rings. The first-order chi connectivity index (χ1) is 25.2. The minimum Gasteiger partial charge on any atom is -0.404 e. The summed E-state index contributed by atoms with van der Waals surface area (Å²) in [7, 11) is -0.672. The Morgan fingerprint density at radius 2 is 1.79 bits per heavy atom. The van der Waals surface area contributed by atoms with Gasteiger partial charge in [0.25, 0.3) is 11.8 Å². The molecule has 4 fully saturated rings. The molecule has 2 aromatic carbocycles. The molecule has 11 nitrogen and oxygen atoms in total. The number of nitrogens with zero attached hydrogens (tertiary/aromatic N) is 3. The van der Waals surface area contributed by atoms with Gasteiger partial charge >= 0.3 is 7.12 Å². The SMILES string of the molecule is CC(C)(C)NC(=O)C(C#N)=Cc1cccc(CCC(NC(=O)c2cnccn2)C(=O)NC(Cc2ccccc2)B2O[C@@H]3C[C@@H]4C[C@@H](C4(C)C)[C@]3(C)O2)c1. The van der Waals surface area contributed by atoms with Crippen molar-refractivity contribution in [2.45, 2.75) is 103 Å². The molecule has 1 aromatic heterocycles. The number of hydrogen-bond acceptors (Lipinski definition) is 8. The first-order valence-electron chi connectivity index (χ1n) is 18.4. The van der Waals surface area contributed by atoms with Gasteiger partial charge in [-0.25, -0.2) is 4.98 Å². The topological polar surface area (TPSA) is 155 Å². The molecule has 2 unspecified atom stereocenters. The van der Waals surface area contributed by atoms with Crippen LogP contribution in [-0.2, 0) is 31.7 Å². The second-order valence-corrected chi connectivity index (χ2v) is 16.4. The van der Waals surface area contributed by atoms with E-state index in [1.54, 1.807) is 6.08 Å². The lowest BCUT2D eigenvalue weighted by Gasteiger charge is -2.64. The van der Waals surface area contributed by atoms with Crippen LogP contribution in [0.4, 0.5) is 0 Å². The Morgan fingerprint density at radius 3 is 2.47 bits per heavy atom. The van der Waals surface area contributed by atoms with Gasteiger partial charge in [0.05, 0.1) is 23.8 Å². The van der Waals surface area contributed by atoms with Gasteiger partial charge in [-0.05, 0) is 99.8 Å². The minimum absolute atomic E-state index is 0.0131. The van der Waals surface area contributed by atoms with Gasteiger partial charge in [0.15, 0.2) is 0 Å². The predicted octanol–water partition coefficient (Wildman–Crippen LogP) is 5.02. The number of aromatic nitrogens is 2. The van der Waals surface area contributed by atoms with Gasteiger partial charge in [-0.15, -0.1) is 0 Å². The van der Waals surface area contributed by atoms with Gasteiger partial charge in [0.2, 0.25) is 5.91 Å². The van der Waals surface area contributed by atoms with Gasteiger partial charge < -0.3 is 25.3 Å². The fourth-order valence-corrected chi connectivity index (χ4v) is 8.23.